The molecule has 3 saturated heterocycles. The van der Waals surface area contributed by atoms with Crippen LogP contribution in [0.3, 0.4) is 0 Å². The Bertz CT molecular complexity index is 1050. The lowest BCUT2D eigenvalue weighted by Crippen LogP contribution is -2.56. The van der Waals surface area contributed by atoms with E-state index in [0.29, 0.717) is 6.07 Å². The molecule has 31 heavy (non-hydrogen) atoms. The second-order valence-electron chi connectivity index (χ2n) is 8.30. The molecule has 3 aliphatic heterocycles. The predicted molar refractivity (Wildman–Crippen MR) is 97.5 cm³/mol. The number of imide groups is 1. The Morgan fingerprint density at radius 1 is 1.29 bits per heavy atom. The summed E-state index contributed by atoms with van der Waals surface area (Å²) in [6, 6.07) is 3.54. The first-order chi connectivity index (χ1) is 14.4. The number of fused-ring (bicyclic) bond motifs is 5. The Hall–Kier alpha value is -3.13. The summed E-state index contributed by atoms with van der Waals surface area (Å²) in [5, 5.41) is 11.6. The van der Waals surface area contributed by atoms with E-state index in [1.807, 2.05) is 0 Å². The molecule has 5 atom stereocenters. The molecule has 164 valence electrons. The quantitative estimate of drug-likeness (QED) is 0.712. The molecule has 0 radical (unpaired) electrons. The van der Waals surface area contributed by atoms with Gasteiger partial charge in [-0.25, -0.2) is 9.69 Å². The van der Waals surface area contributed by atoms with Crippen LogP contribution in [0.15, 0.2) is 18.2 Å². The van der Waals surface area contributed by atoms with Crippen molar-refractivity contribution in [2.45, 2.75) is 43.7 Å². The highest BCUT2D eigenvalue weighted by Gasteiger charge is 2.76. The fourth-order valence-corrected chi connectivity index (χ4v) is 5.21. The highest BCUT2D eigenvalue weighted by atomic mass is 19.4. The van der Waals surface area contributed by atoms with Crippen LogP contribution in [0.4, 0.5) is 23.7 Å². The molecule has 2 bridgehead atoms. The van der Waals surface area contributed by atoms with Gasteiger partial charge in [0.05, 0.1) is 59.1 Å². The smallest absolute Gasteiger partial charge is 0.417 e. The summed E-state index contributed by atoms with van der Waals surface area (Å²) >= 11 is 0. The second kappa shape index (κ2) is 6.43. The fraction of sp³-hybridized carbons (Fsp3) is 0.500. The van der Waals surface area contributed by atoms with Gasteiger partial charge in [0.2, 0.25) is 11.8 Å². The van der Waals surface area contributed by atoms with E-state index in [4.69, 9.17) is 10.00 Å². The maximum absolute atomic E-state index is 13.4. The van der Waals surface area contributed by atoms with Gasteiger partial charge in [-0.15, -0.1) is 0 Å². The van der Waals surface area contributed by atoms with E-state index in [1.54, 1.807) is 13.8 Å². The number of carbonyl (C=O) groups excluding carboxylic acids is 3. The van der Waals surface area contributed by atoms with E-state index in [9.17, 15) is 27.6 Å². The van der Waals surface area contributed by atoms with Crippen LogP contribution in [0.1, 0.15) is 31.4 Å². The standard InChI is InChI=1S/C20H18F3N3O5/c1-18-7-12(25-17(29)30-3)19(2,31-18)14-13(18)15(27)26(16(14)28)10-5-4-9(8-24)11(6-10)20(21,22)23/h4-6,12-14H,7H2,1-3H3,(H,25,29)/t12-,13-,14+,18+,19-/m0/s1. The number of anilines is 1. The van der Waals surface area contributed by atoms with Gasteiger partial charge in [-0.05, 0) is 32.0 Å². The number of hydrogen-bond acceptors (Lipinski definition) is 6. The monoisotopic (exact) mass is 437 g/mol. The van der Waals surface area contributed by atoms with Gasteiger partial charge in [0.1, 0.15) is 0 Å². The van der Waals surface area contributed by atoms with E-state index in [-0.39, 0.29) is 12.1 Å². The van der Waals surface area contributed by atoms with Gasteiger partial charge in [0.25, 0.3) is 0 Å². The zero-order valence-corrected chi connectivity index (χ0v) is 16.7. The van der Waals surface area contributed by atoms with Crippen molar-refractivity contribution in [3.05, 3.63) is 29.3 Å². The number of nitrogens with zero attached hydrogens (tertiary/aromatic N) is 2. The molecule has 1 aromatic rings. The number of rotatable bonds is 2. The Balaban J connectivity index is 1.75. The number of alkyl carbamates (subject to hydrolysis) is 1. The lowest BCUT2D eigenvalue weighted by molar-refractivity contribution is -0.138. The summed E-state index contributed by atoms with van der Waals surface area (Å²) in [7, 11) is 1.19. The average molecular weight is 437 g/mol. The average Bonchev–Trinajstić information content (AvgIpc) is 3.21. The largest absolute Gasteiger partial charge is 0.453 e. The zero-order chi connectivity index (χ0) is 22.9. The highest BCUT2D eigenvalue weighted by molar-refractivity contribution is 6.23. The van der Waals surface area contributed by atoms with Gasteiger partial charge >= 0.3 is 12.3 Å². The first-order valence-corrected chi connectivity index (χ1v) is 9.41. The van der Waals surface area contributed by atoms with E-state index in [0.717, 1.165) is 17.0 Å². The molecule has 0 aromatic heterocycles. The summed E-state index contributed by atoms with van der Waals surface area (Å²) in [5.41, 5.74) is -4.44. The maximum atomic E-state index is 13.4. The van der Waals surface area contributed by atoms with Gasteiger partial charge in [0.15, 0.2) is 0 Å². The molecule has 1 N–H and O–H groups in total. The minimum absolute atomic E-state index is 0.230. The van der Waals surface area contributed by atoms with Gasteiger partial charge < -0.3 is 14.8 Å². The molecule has 3 heterocycles. The van der Waals surface area contributed by atoms with Crippen molar-refractivity contribution >= 4 is 23.6 Å². The molecule has 3 fully saturated rings. The molecule has 3 aliphatic rings. The number of amides is 3. The Labute approximate surface area is 174 Å². The summed E-state index contributed by atoms with van der Waals surface area (Å²) < 4.78 is 50.8. The van der Waals surface area contributed by atoms with Crippen LogP contribution in [0, 0.1) is 23.2 Å². The van der Waals surface area contributed by atoms with E-state index >= 15 is 0 Å². The van der Waals surface area contributed by atoms with Crippen molar-refractivity contribution in [1.29, 1.82) is 5.26 Å². The molecule has 4 rings (SSSR count). The number of nitriles is 1. The molecule has 1 aromatic carbocycles. The number of methoxy groups -OCH3 is 1. The van der Waals surface area contributed by atoms with Crippen molar-refractivity contribution in [2.24, 2.45) is 11.8 Å². The lowest BCUT2D eigenvalue weighted by atomic mass is 9.66. The minimum atomic E-state index is -4.83. The summed E-state index contributed by atoms with van der Waals surface area (Å²) in [6.07, 6.45) is -5.33. The molecular formula is C20H18F3N3O5. The van der Waals surface area contributed by atoms with Gasteiger partial charge in [-0.3, -0.25) is 9.59 Å². The fourth-order valence-electron chi connectivity index (χ4n) is 5.21. The third-order valence-corrected chi connectivity index (χ3v) is 6.50. The number of benzene rings is 1. The maximum Gasteiger partial charge on any atom is 0.417 e. The number of alkyl halides is 3. The number of ether oxygens (including phenoxy) is 2. The van der Waals surface area contributed by atoms with E-state index < -0.39 is 64.3 Å². The first-order valence-electron chi connectivity index (χ1n) is 9.41. The SMILES string of the molecule is COC(=O)N[C@H]1C[C@@]2(C)O[C@]1(C)[C@H]1C(=O)N(c3ccc(C#N)c(C(F)(F)F)c3)C(=O)[C@H]12. The molecular weight excluding hydrogens is 419 g/mol. The topological polar surface area (TPSA) is 109 Å². The van der Waals surface area contributed by atoms with Crippen LogP contribution in [0.25, 0.3) is 0 Å². The highest BCUT2D eigenvalue weighted by Crippen LogP contribution is 2.61. The van der Waals surface area contributed by atoms with Crippen molar-refractivity contribution < 1.29 is 37.0 Å². The zero-order valence-electron chi connectivity index (χ0n) is 16.7. The third kappa shape index (κ3) is 2.81. The molecule has 0 aliphatic carbocycles. The molecule has 11 heteroatoms. The predicted octanol–water partition coefficient (Wildman–Crippen LogP) is 2.36. The Morgan fingerprint density at radius 2 is 1.94 bits per heavy atom. The van der Waals surface area contributed by atoms with Crippen LogP contribution >= 0.6 is 0 Å². The third-order valence-electron chi connectivity index (χ3n) is 6.50. The molecule has 0 spiro atoms. The van der Waals surface area contributed by atoms with Gasteiger partial charge in [-0.2, -0.15) is 18.4 Å². The number of nitrogens with one attached hydrogen (secondary N) is 1. The van der Waals surface area contributed by atoms with Crippen LogP contribution in [-0.2, 0) is 25.2 Å². The molecule has 0 unspecified atom stereocenters. The van der Waals surface area contributed by atoms with Crippen LogP contribution < -0.4 is 10.2 Å². The van der Waals surface area contributed by atoms with E-state index in [1.165, 1.54) is 13.2 Å². The van der Waals surface area contributed by atoms with Gasteiger partial charge in [0, 0.05) is 6.42 Å². The first kappa shape index (κ1) is 21.1. The number of carbonyl (C=O) groups is 3. The minimum Gasteiger partial charge on any atom is -0.453 e. The van der Waals surface area contributed by atoms with Crippen molar-refractivity contribution in [1.82, 2.24) is 5.32 Å². The second-order valence-corrected chi connectivity index (χ2v) is 8.30. The lowest BCUT2D eigenvalue weighted by Gasteiger charge is -2.35. The number of halogens is 3. The van der Waals surface area contributed by atoms with Crippen molar-refractivity contribution in [3.63, 3.8) is 0 Å². The van der Waals surface area contributed by atoms with Crippen LogP contribution in [0.2, 0.25) is 0 Å². The summed E-state index contributed by atoms with van der Waals surface area (Å²) in [4.78, 5) is 38.9. The Kier molecular flexibility index (Phi) is 4.38. The van der Waals surface area contributed by atoms with Crippen molar-refractivity contribution in [3.8, 4) is 6.07 Å². The van der Waals surface area contributed by atoms with Gasteiger partial charge in [-0.1, -0.05) is 0 Å². The molecule has 8 nitrogen and oxygen atoms in total. The summed E-state index contributed by atoms with van der Waals surface area (Å²) in [5.74, 6) is -3.29. The molecule has 3 amide bonds. The molecule has 0 saturated carbocycles. The number of hydrogen-bond donors (Lipinski definition) is 1. The van der Waals surface area contributed by atoms with E-state index in [2.05, 4.69) is 10.1 Å². The van der Waals surface area contributed by atoms with Crippen LogP contribution in [-0.4, -0.2) is 42.3 Å². The van der Waals surface area contributed by atoms with Crippen molar-refractivity contribution in [2.75, 3.05) is 12.0 Å². The summed E-state index contributed by atoms with van der Waals surface area (Å²) in [6.45, 7) is 3.24. The normalized spacial score (nSPS) is 34.0. The van der Waals surface area contributed by atoms with Crippen LogP contribution in [0.5, 0.6) is 0 Å². The Morgan fingerprint density at radius 3 is 2.52 bits per heavy atom.